The zero-order valence-corrected chi connectivity index (χ0v) is 10.7. The van der Waals surface area contributed by atoms with Gasteiger partial charge in [0.2, 0.25) is 5.91 Å². The van der Waals surface area contributed by atoms with Gasteiger partial charge in [-0.3, -0.25) is 14.7 Å². The Morgan fingerprint density at radius 2 is 2.00 bits per heavy atom. The van der Waals surface area contributed by atoms with Crippen LogP contribution in [0.3, 0.4) is 0 Å². The number of hydrogen-bond donors (Lipinski definition) is 3. The Labute approximate surface area is 110 Å². The Kier molecular flexibility index (Phi) is 3.33. The minimum Gasteiger partial charge on any atom is -0.366 e. The predicted molar refractivity (Wildman–Crippen MR) is 71.0 cm³/mol. The Balaban J connectivity index is 2.30. The monoisotopic (exact) mass is 258 g/mol. The number of nitrogens with two attached hydrogens (primary N) is 1. The van der Waals surface area contributed by atoms with Crippen molar-refractivity contribution >= 4 is 17.5 Å². The molecule has 19 heavy (non-hydrogen) atoms. The minimum absolute atomic E-state index is 0.282. The molecule has 6 nitrogen and oxygen atoms in total. The summed E-state index contributed by atoms with van der Waals surface area (Å²) in [6.07, 6.45) is 1.46. The van der Waals surface area contributed by atoms with Crippen LogP contribution in [0, 0.1) is 13.8 Å². The molecule has 0 saturated heterocycles. The first-order valence-corrected chi connectivity index (χ1v) is 5.71. The Hall–Kier alpha value is -2.63. The predicted octanol–water partition coefficient (Wildman–Crippen LogP) is 1.38. The Bertz CT molecular complexity index is 646. The van der Waals surface area contributed by atoms with E-state index in [-0.39, 0.29) is 5.91 Å². The van der Waals surface area contributed by atoms with Crippen LogP contribution in [0.2, 0.25) is 0 Å². The molecule has 0 atom stereocenters. The number of aryl methyl sites for hydroxylation is 1. The van der Waals surface area contributed by atoms with Gasteiger partial charge in [0.25, 0.3) is 5.91 Å². The molecule has 0 unspecified atom stereocenters. The third-order valence-electron chi connectivity index (χ3n) is 2.92. The van der Waals surface area contributed by atoms with Crippen molar-refractivity contribution in [2.75, 3.05) is 5.32 Å². The molecule has 0 aliphatic rings. The van der Waals surface area contributed by atoms with Gasteiger partial charge in [0.1, 0.15) is 0 Å². The molecule has 0 spiro atoms. The van der Waals surface area contributed by atoms with Gasteiger partial charge < -0.3 is 11.1 Å². The van der Waals surface area contributed by atoms with Crippen LogP contribution in [0.1, 0.15) is 32.0 Å². The molecule has 2 aromatic rings. The van der Waals surface area contributed by atoms with Crippen molar-refractivity contribution < 1.29 is 9.59 Å². The number of primary amides is 1. The van der Waals surface area contributed by atoms with Crippen LogP contribution in [0.25, 0.3) is 0 Å². The highest BCUT2D eigenvalue weighted by atomic mass is 16.2. The number of nitrogens with zero attached hydrogens (tertiary/aromatic N) is 1. The van der Waals surface area contributed by atoms with Gasteiger partial charge in [-0.05, 0) is 31.5 Å². The quantitative estimate of drug-likeness (QED) is 0.775. The number of carbonyl (C=O) groups is 2. The molecule has 0 radical (unpaired) electrons. The third-order valence-corrected chi connectivity index (χ3v) is 2.92. The van der Waals surface area contributed by atoms with Crippen molar-refractivity contribution in [1.82, 2.24) is 10.2 Å². The molecule has 6 heteroatoms. The summed E-state index contributed by atoms with van der Waals surface area (Å²) in [4.78, 5) is 23.3. The molecule has 98 valence electrons. The smallest absolute Gasteiger partial charge is 0.259 e. The van der Waals surface area contributed by atoms with E-state index in [1.54, 1.807) is 32.0 Å². The number of H-pyrrole nitrogens is 1. The molecular formula is C13H14N4O2. The summed E-state index contributed by atoms with van der Waals surface area (Å²) in [5.74, 6) is -0.802. The van der Waals surface area contributed by atoms with Crippen LogP contribution in [0.15, 0.2) is 24.4 Å². The summed E-state index contributed by atoms with van der Waals surface area (Å²) >= 11 is 0. The molecule has 2 rings (SSSR count). The Morgan fingerprint density at radius 3 is 2.58 bits per heavy atom. The van der Waals surface area contributed by atoms with E-state index in [1.165, 1.54) is 6.20 Å². The molecule has 0 fully saturated rings. The molecule has 1 aromatic carbocycles. The second-order valence-corrected chi connectivity index (χ2v) is 4.21. The fourth-order valence-corrected chi connectivity index (χ4v) is 1.81. The van der Waals surface area contributed by atoms with E-state index < -0.39 is 5.91 Å². The van der Waals surface area contributed by atoms with E-state index in [2.05, 4.69) is 15.5 Å². The van der Waals surface area contributed by atoms with Crippen molar-refractivity contribution in [1.29, 1.82) is 0 Å². The lowest BCUT2D eigenvalue weighted by atomic mass is 10.1. The summed E-state index contributed by atoms with van der Waals surface area (Å²) < 4.78 is 0. The first kappa shape index (κ1) is 12.8. The maximum atomic E-state index is 12.0. The van der Waals surface area contributed by atoms with E-state index in [1.807, 2.05) is 0 Å². The van der Waals surface area contributed by atoms with Crippen molar-refractivity contribution in [2.24, 2.45) is 5.73 Å². The number of benzene rings is 1. The molecule has 0 aliphatic heterocycles. The first-order valence-electron chi connectivity index (χ1n) is 5.71. The van der Waals surface area contributed by atoms with Crippen molar-refractivity contribution in [2.45, 2.75) is 13.8 Å². The highest BCUT2D eigenvalue weighted by Crippen LogP contribution is 2.19. The van der Waals surface area contributed by atoms with Gasteiger partial charge in [0.15, 0.2) is 0 Å². The van der Waals surface area contributed by atoms with Crippen molar-refractivity contribution in [3.05, 3.63) is 46.8 Å². The summed E-state index contributed by atoms with van der Waals surface area (Å²) in [7, 11) is 0. The standard InChI is InChI=1S/C13H14N4O2/c1-7-9(12(14)18)4-3-5-11(7)16-13(19)10-6-15-17-8(10)2/h3-6H,1-2H3,(H2,14,18)(H,15,17)(H,16,19). The SMILES string of the molecule is Cc1[nH]ncc1C(=O)Nc1cccc(C(N)=O)c1C. The lowest BCUT2D eigenvalue weighted by Gasteiger charge is -2.10. The van der Waals surface area contributed by atoms with Crippen molar-refractivity contribution in [3.63, 3.8) is 0 Å². The fraction of sp³-hybridized carbons (Fsp3) is 0.154. The second kappa shape index (κ2) is 4.93. The van der Waals surface area contributed by atoms with Crippen LogP contribution >= 0.6 is 0 Å². The maximum absolute atomic E-state index is 12.0. The molecule has 0 bridgehead atoms. The van der Waals surface area contributed by atoms with Gasteiger partial charge in [0.05, 0.1) is 11.8 Å². The average Bonchev–Trinajstić information content (AvgIpc) is 2.77. The number of hydrogen-bond acceptors (Lipinski definition) is 3. The van der Waals surface area contributed by atoms with Crippen molar-refractivity contribution in [3.8, 4) is 0 Å². The van der Waals surface area contributed by atoms with Gasteiger partial charge >= 0.3 is 0 Å². The van der Waals surface area contributed by atoms with Gasteiger partial charge in [-0.2, -0.15) is 5.10 Å². The van der Waals surface area contributed by atoms with E-state index in [0.29, 0.717) is 28.1 Å². The minimum atomic E-state index is -0.520. The Morgan fingerprint density at radius 1 is 1.26 bits per heavy atom. The first-order chi connectivity index (χ1) is 9.00. The van der Waals surface area contributed by atoms with Crippen LogP contribution < -0.4 is 11.1 Å². The normalized spacial score (nSPS) is 10.2. The highest BCUT2D eigenvalue weighted by molar-refractivity contribution is 6.06. The zero-order chi connectivity index (χ0) is 14.0. The van der Waals surface area contributed by atoms with Gasteiger partial charge in [0, 0.05) is 16.9 Å². The van der Waals surface area contributed by atoms with Crippen LogP contribution in [0.5, 0.6) is 0 Å². The summed E-state index contributed by atoms with van der Waals surface area (Å²) in [5, 5.41) is 9.23. The fourth-order valence-electron chi connectivity index (χ4n) is 1.81. The summed E-state index contributed by atoms with van der Waals surface area (Å²) in [6, 6.07) is 5.01. The molecule has 0 saturated carbocycles. The van der Waals surface area contributed by atoms with E-state index in [4.69, 9.17) is 5.73 Å². The maximum Gasteiger partial charge on any atom is 0.259 e. The molecule has 1 heterocycles. The number of anilines is 1. The molecule has 1 aromatic heterocycles. The van der Waals surface area contributed by atoms with Gasteiger partial charge in [-0.15, -0.1) is 0 Å². The molecular weight excluding hydrogens is 244 g/mol. The van der Waals surface area contributed by atoms with Crippen LogP contribution in [-0.2, 0) is 0 Å². The number of rotatable bonds is 3. The molecule has 2 amide bonds. The van der Waals surface area contributed by atoms with E-state index in [9.17, 15) is 9.59 Å². The third kappa shape index (κ3) is 2.47. The average molecular weight is 258 g/mol. The van der Waals surface area contributed by atoms with Crippen LogP contribution in [-0.4, -0.2) is 22.0 Å². The summed E-state index contributed by atoms with van der Waals surface area (Å²) in [6.45, 7) is 3.49. The molecule has 0 aliphatic carbocycles. The lowest BCUT2D eigenvalue weighted by Crippen LogP contribution is -2.17. The molecule has 4 N–H and O–H groups in total. The van der Waals surface area contributed by atoms with E-state index >= 15 is 0 Å². The highest BCUT2D eigenvalue weighted by Gasteiger charge is 2.14. The largest absolute Gasteiger partial charge is 0.366 e. The number of aromatic nitrogens is 2. The zero-order valence-electron chi connectivity index (χ0n) is 10.7. The number of aromatic amines is 1. The van der Waals surface area contributed by atoms with E-state index in [0.717, 1.165) is 0 Å². The number of carbonyl (C=O) groups excluding carboxylic acids is 2. The topological polar surface area (TPSA) is 101 Å². The van der Waals surface area contributed by atoms with Crippen LogP contribution in [0.4, 0.5) is 5.69 Å². The summed E-state index contributed by atoms with van der Waals surface area (Å²) in [5.41, 5.74) is 8.00. The van der Waals surface area contributed by atoms with Gasteiger partial charge in [-0.25, -0.2) is 0 Å². The number of nitrogens with one attached hydrogen (secondary N) is 2. The lowest BCUT2D eigenvalue weighted by molar-refractivity contribution is 0.0995. The second-order valence-electron chi connectivity index (χ2n) is 4.21. The number of amides is 2. The van der Waals surface area contributed by atoms with Gasteiger partial charge in [-0.1, -0.05) is 6.07 Å².